The summed E-state index contributed by atoms with van der Waals surface area (Å²) in [6, 6.07) is 13.4. The molecule has 2 aromatic rings. The molecule has 0 spiro atoms. The van der Waals surface area contributed by atoms with E-state index in [1.54, 1.807) is 14.2 Å². The van der Waals surface area contributed by atoms with Crippen LogP contribution in [0.3, 0.4) is 0 Å². The Morgan fingerprint density at radius 1 is 1.04 bits per heavy atom. The van der Waals surface area contributed by atoms with Crippen LogP contribution in [0.4, 0.5) is 0 Å². The molecule has 0 fully saturated rings. The van der Waals surface area contributed by atoms with Gasteiger partial charge in [-0.1, -0.05) is 23.8 Å². The molecule has 0 aliphatic carbocycles. The molecule has 1 amide bonds. The molecule has 0 unspecified atom stereocenters. The van der Waals surface area contributed by atoms with Crippen molar-refractivity contribution in [2.75, 3.05) is 20.8 Å². The summed E-state index contributed by atoms with van der Waals surface area (Å²) in [4.78, 5) is 12.1. The van der Waals surface area contributed by atoms with Crippen LogP contribution in [0.1, 0.15) is 36.9 Å². The van der Waals surface area contributed by atoms with Gasteiger partial charge in [0, 0.05) is 6.42 Å². The summed E-state index contributed by atoms with van der Waals surface area (Å²) in [5.74, 6) is 2.15. The maximum atomic E-state index is 12.1. The fourth-order valence-corrected chi connectivity index (χ4v) is 2.58. The number of hydrogen-bond acceptors (Lipinski definition) is 4. The van der Waals surface area contributed by atoms with Crippen molar-refractivity contribution >= 4 is 5.91 Å². The van der Waals surface area contributed by atoms with Crippen molar-refractivity contribution < 1.29 is 19.0 Å². The number of rotatable bonds is 9. The van der Waals surface area contributed by atoms with Crippen molar-refractivity contribution in [3.63, 3.8) is 0 Å². The van der Waals surface area contributed by atoms with Crippen molar-refractivity contribution in [3.05, 3.63) is 53.6 Å². The Hall–Kier alpha value is -2.69. The molecule has 0 heterocycles. The summed E-state index contributed by atoms with van der Waals surface area (Å²) in [6.07, 6.45) is 1.09. The van der Waals surface area contributed by atoms with Crippen molar-refractivity contribution in [2.45, 2.75) is 32.7 Å². The second kappa shape index (κ2) is 9.70. The van der Waals surface area contributed by atoms with Crippen molar-refractivity contribution in [2.24, 2.45) is 0 Å². The minimum Gasteiger partial charge on any atom is -0.494 e. The predicted molar refractivity (Wildman–Crippen MR) is 102 cm³/mol. The van der Waals surface area contributed by atoms with Gasteiger partial charge in [0.05, 0.1) is 26.9 Å². The molecular weight excluding hydrogens is 330 g/mol. The van der Waals surface area contributed by atoms with Gasteiger partial charge in [-0.05, 0) is 50.1 Å². The monoisotopic (exact) mass is 357 g/mol. The van der Waals surface area contributed by atoms with E-state index < -0.39 is 0 Å². The normalized spacial score (nSPS) is 11.5. The van der Waals surface area contributed by atoms with Gasteiger partial charge >= 0.3 is 0 Å². The first kappa shape index (κ1) is 19.6. The number of amides is 1. The Balaban J connectivity index is 1.77. The van der Waals surface area contributed by atoms with Gasteiger partial charge in [0.25, 0.3) is 0 Å². The highest BCUT2D eigenvalue weighted by molar-refractivity contribution is 5.76. The summed E-state index contributed by atoms with van der Waals surface area (Å²) in [5.41, 5.74) is 2.16. The average molecular weight is 357 g/mol. The van der Waals surface area contributed by atoms with Crippen molar-refractivity contribution in [3.8, 4) is 17.2 Å². The molecule has 0 radical (unpaired) electrons. The summed E-state index contributed by atoms with van der Waals surface area (Å²) in [5, 5.41) is 3.00. The maximum absolute atomic E-state index is 12.1. The first-order valence-corrected chi connectivity index (χ1v) is 8.74. The zero-order valence-electron chi connectivity index (χ0n) is 15.9. The first-order chi connectivity index (χ1) is 12.5. The first-order valence-electron chi connectivity index (χ1n) is 8.74. The largest absolute Gasteiger partial charge is 0.494 e. The van der Waals surface area contributed by atoms with E-state index in [4.69, 9.17) is 14.2 Å². The quantitative estimate of drug-likeness (QED) is 0.688. The molecule has 0 aromatic heterocycles. The number of benzene rings is 2. The van der Waals surface area contributed by atoms with Crippen LogP contribution in [0.25, 0.3) is 0 Å². The third kappa shape index (κ3) is 5.69. The molecule has 0 saturated heterocycles. The molecule has 1 N–H and O–H groups in total. The molecule has 5 nitrogen and oxygen atoms in total. The molecule has 0 aliphatic heterocycles. The molecule has 2 rings (SSSR count). The van der Waals surface area contributed by atoms with Gasteiger partial charge in [0.2, 0.25) is 5.91 Å². The van der Waals surface area contributed by atoms with Crippen LogP contribution >= 0.6 is 0 Å². The van der Waals surface area contributed by atoms with E-state index in [0.717, 1.165) is 11.3 Å². The number of ether oxygens (including phenoxy) is 3. The van der Waals surface area contributed by atoms with Gasteiger partial charge in [-0.3, -0.25) is 4.79 Å². The van der Waals surface area contributed by atoms with Crippen molar-refractivity contribution in [1.82, 2.24) is 5.32 Å². The molecule has 0 saturated carbocycles. The number of methoxy groups -OCH3 is 2. The Bertz CT molecular complexity index is 712. The molecule has 2 aromatic carbocycles. The smallest absolute Gasteiger partial charge is 0.220 e. The number of nitrogens with one attached hydrogen (secondary N) is 1. The van der Waals surface area contributed by atoms with E-state index >= 15 is 0 Å². The van der Waals surface area contributed by atoms with E-state index in [1.165, 1.54) is 5.56 Å². The van der Waals surface area contributed by atoms with Crippen LogP contribution in [0, 0.1) is 6.92 Å². The van der Waals surface area contributed by atoms with E-state index in [-0.39, 0.29) is 11.9 Å². The van der Waals surface area contributed by atoms with Gasteiger partial charge in [0.15, 0.2) is 11.5 Å². The Kier molecular flexibility index (Phi) is 7.33. The maximum Gasteiger partial charge on any atom is 0.220 e. The Morgan fingerprint density at radius 2 is 1.73 bits per heavy atom. The zero-order valence-corrected chi connectivity index (χ0v) is 15.9. The van der Waals surface area contributed by atoms with Crippen LogP contribution in [0.15, 0.2) is 42.5 Å². The average Bonchev–Trinajstić information content (AvgIpc) is 2.66. The highest BCUT2D eigenvalue weighted by Gasteiger charge is 2.12. The summed E-state index contributed by atoms with van der Waals surface area (Å²) in [7, 11) is 3.19. The Morgan fingerprint density at radius 3 is 2.38 bits per heavy atom. The Labute approximate surface area is 155 Å². The van der Waals surface area contributed by atoms with E-state index in [1.807, 2.05) is 56.3 Å². The minimum absolute atomic E-state index is 0.000194. The fourth-order valence-electron chi connectivity index (χ4n) is 2.58. The highest BCUT2D eigenvalue weighted by Crippen LogP contribution is 2.29. The van der Waals surface area contributed by atoms with Gasteiger partial charge in [0.1, 0.15) is 5.75 Å². The lowest BCUT2D eigenvalue weighted by Gasteiger charge is -2.16. The lowest BCUT2D eigenvalue weighted by Crippen LogP contribution is -2.26. The number of hydrogen-bond donors (Lipinski definition) is 1. The minimum atomic E-state index is -0.111. The predicted octanol–water partition coefficient (Wildman–Crippen LogP) is 4.05. The van der Waals surface area contributed by atoms with E-state index in [2.05, 4.69) is 5.32 Å². The van der Waals surface area contributed by atoms with Crippen LogP contribution < -0.4 is 19.5 Å². The van der Waals surface area contributed by atoms with Crippen LogP contribution in [0.2, 0.25) is 0 Å². The standard InChI is InChI=1S/C21H27NO4/c1-15-7-10-18(11-8-15)26-13-5-6-21(23)22-16(2)17-9-12-19(24-3)20(14-17)25-4/h7-12,14,16H,5-6,13H2,1-4H3,(H,22,23)/t16-/m1/s1. The zero-order chi connectivity index (χ0) is 18.9. The van der Waals surface area contributed by atoms with E-state index in [0.29, 0.717) is 30.9 Å². The molecule has 5 heteroatoms. The lowest BCUT2D eigenvalue weighted by molar-refractivity contribution is -0.121. The number of carbonyl (C=O) groups excluding carboxylic acids is 1. The highest BCUT2D eigenvalue weighted by atomic mass is 16.5. The van der Waals surface area contributed by atoms with Crippen molar-refractivity contribution in [1.29, 1.82) is 0 Å². The third-order valence-corrected chi connectivity index (χ3v) is 4.12. The second-order valence-corrected chi connectivity index (χ2v) is 6.17. The summed E-state index contributed by atoms with van der Waals surface area (Å²) in [6.45, 7) is 4.50. The fraction of sp³-hybridized carbons (Fsp3) is 0.381. The van der Waals surface area contributed by atoms with Gasteiger partial charge in [-0.25, -0.2) is 0 Å². The molecule has 140 valence electrons. The van der Waals surface area contributed by atoms with Gasteiger partial charge < -0.3 is 19.5 Å². The SMILES string of the molecule is COc1ccc([C@@H](C)NC(=O)CCCOc2ccc(C)cc2)cc1OC. The molecule has 0 bridgehead atoms. The molecule has 0 aliphatic rings. The van der Waals surface area contributed by atoms with Crippen LogP contribution in [0.5, 0.6) is 17.2 Å². The number of carbonyl (C=O) groups is 1. The molecular formula is C21H27NO4. The van der Waals surface area contributed by atoms with Gasteiger partial charge in [-0.15, -0.1) is 0 Å². The summed E-state index contributed by atoms with van der Waals surface area (Å²) < 4.78 is 16.2. The molecule has 26 heavy (non-hydrogen) atoms. The summed E-state index contributed by atoms with van der Waals surface area (Å²) >= 11 is 0. The second-order valence-electron chi connectivity index (χ2n) is 6.17. The lowest BCUT2D eigenvalue weighted by atomic mass is 10.1. The third-order valence-electron chi connectivity index (χ3n) is 4.12. The topological polar surface area (TPSA) is 56.8 Å². The molecule has 1 atom stereocenters. The van der Waals surface area contributed by atoms with Gasteiger partial charge in [-0.2, -0.15) is 0 Å². The number of aryl methyl sites for hydroxylation is 1. The van der Waals surface area contributed by atoms with Crippen LogP contribution in [-0.4, -0.2) is 26.7 Å². The van der Waals surface area contributed by atoms with Crippen LogP contribution in [-0.2, 0) is 4.79 Å². The van der Waals surface area contributed by atoms with E-state index in [9.17, 15) is 4.79 Å².